The zero-order valence-electron chi connectivity index (χ0n) is 33.1. The number of hydrazone groups is 1. The Balaban J connectivity index is 1.43. The molecule has 4 aromatic rings. The van der Waals surface area contributed by atoms with E-state index in [9.17, 15) is 9.90 Å². The number of thiazole rings is 1. The van der Waals surface area contributed by atoms with E-state index in [2.05, 4.69) is 72.8 Å². The van der Waals surface area contributed by atoms with Gasteiger partial charge in [0.1, 0.15) is 11.5 Å². The second kappa shape index (κ2) is 15.2. The first kappa shape index (κ1) is 38.1. The van der Waals surface area contributed by atoms with Crippen molar-refractivity contribution in [1.82, 2.24) is 9.88 Å². The molecule has 3 aliphatic rings. The summed E-state index contributed by atoms with van der Waals surface area (Å²) in [4.78, 5) is 23.2. The number of aromatic nitrogens is 1. The Kier molecular flexibility index (Phi) is 10.7. The van der Waals surface area contributed by atoms with Gasteiger partial charge in [-0.2, -0.15) is 5.10 Å². The van der Waals surface area contributed by atoms with Crippen molar-refractivity contribution in [2.75, 3.05) is 50.2 Å². The van der Waals surface area contributed by atoms with Gasteiger partial charge in [-0.25, -0.2) is 9.78 Å². The fraction of sp³-hybridized carbons (Fsp3) is 0.512. The van der Waals surface area contributed by atoms with Crippen molar-refractivity contribution in [3.8, 4) is 22.6 Å². The summed E-state index contributed by atoms with van der Waals surface area (Å²) in [6.45, 7) is 18.9. The van der Waals surface area contributed by atoms with Gasteiger partial charge in [0.05, 0.1) is 40.3 Å². The van der Waals surface area contributed by atoms with Crippen molar-refractivity contribution in [2.45, 2.75) is 103 Å². The third-order valence-corrected chi connectivity index (χ3v) is 12.5. The van der Waals surface area contributed by atoms with Gasteiger partial charge < -0.3 is 24.2 Å². The summed E-state index contributed by atoms with van der Waals surface area (Å²) in [5.74, 6) is 1.16. The topological polar surface area (TPSA) is 100.0 Å². The Morgan fingerprint density at radius 1 is 1.11 bits per heavy atom. The molecule has 3 aliphatic heterocycles. The van der Waals surface area contributed by atoms with E-state index in [4.69, 9.17) is 19.2 Å². The Hall–Kier alpha value is -4.19. The van der Waals surface area contributed by atoms with Gasteiger partial charge in [0.2, 0.25) is 0 Å². The number of rotatable bonds is 5. The van der Waals surface area contributed by atoms with Gasteiger partial charge in [-0.1, -0.05) is 29.9 Å². The van der Waals surface area contributed by atoms with E-state index in [1.807, 2.05) is 45.8 Å². The van der Waals surface area contributed by atoms with Crippen LogP contribution in [0.1, 0.15) is 106 Å². The van der Waals surface area contributed by atoms with Gasteiger partial charge in [0.15, 0.2) is 11.2 Å². The van der Waals surface area contributed by atoms with Gasteiger partial charge in [0.25, 0.3) is 0 Å². The van der Waals surface area contributed by atoms with Crippen LogP contribution in [0.3, 0.4) is 0 Å². The average molecular weight is 754 g/mol. The third-order valence-electron chi connectivity index (χ3n) is 11.3. The van der Waals surface area contributed by atoms with Crippen LogP contribution in [0.2, 0.25) is 0 Å². The monoisotopic (exact) mass is 753 g/mol. The van der Waals surface area contributed by atoms with Crippen molar-refractivity contribution in [3.05, 3.63) is 64.2 Å². The Morgan fingerprint density at radius 2 is 1.89 bits per heavy atom. The molecular weight excluding hydrogens is 699 g/mol. The zero-order valence-corrected chi connectivity index (χ0v) is 33.9. The molecule has 0 aliphatic carbocycles. The van der Waals surface area contributed by atoms with E-state index in [-0.39, 0.29) is 12.1 Å². The second-order valence-electron chi connectivity index (χ2n) is 16.3. The molecule has 7 rings (SSSR count). The molecule has 2 unspecified atom stereocenters. The molecule has 0 spiro atoms. The largest absolute Gasteiger partial charge is 0.493 e. The first-order valence-corrected chi connectivity index (χ1v) is 20.1. The molecule has 6 bridgehead atoms. The number of carboxylic acid groups (broad SMARTS) is 1. The highest BCUT2D eigenvalue weighted by Crippen LogP contribution is 2.48. The summed E-state index contributed by atoms with van der Waals surface area (Å²) in [5.41, 5.74) is 7.94. The van der Waals surface area contributed by atoms with Crippen molar-refractivity contribution < 1.29 is 24.1 Å². The summed E-state index contributed by atoms with van der Waals surface area (Å²) in [7, 11) is 4.11. The lowest BCUT2D eigenvalue weighted by Crippen LogP contribution is -2.47. The number of benzene rings is 3. The number of hydrogen-bond acceptors (Lipinski definition) is 10. The number of likely N-dealkylation sites (N-methyl/N-ethyl adjacent to an activating group) is 1. The minimum absolute atomic E-state index is 0.0286. The van der Waals surface area contributed by atoms with Crippen molar-refractivity contribution in [1.29, 1.82) is 0 Å². The van der Waals surface area contributed by atoms with Crippen LogP contribution in [0.4, 0.5) is 10.8 Å². The first-order chi connectivity index (χ1) is 25.7. The number of anilines is 2. The predicted octanol–water partition coefficient (Wildman–Crippen LogP) is 9.27. The maximum Gasteiger partial charge on any atom is 0.337 e. The summed E-state index contributed by atoms with van der Waals surface area (Å²) in [6.07, 6.45) is 3.90. The fourth-order valence-electron chi connectivity index (χ4n) is 8.48. The molecular formula is C43H55N5O5S. The number of carbonyl (C=O) groups is 1. The first-order valence-electron chi connectivity index (χ1n) is 19.3. The number of aliphatic carboxylic acids is 1. The number of aryl methyl sites for hydroxylation is 1. The van der Waals surface area contributed by atoms with Crippen molar-refractivity contribution in [3.63, 3.8) is 0 Å². The molecule has 1 aromatic heterocycles. The van der Waals surface area contributed by atoms with Crippen LogP contribution in [0.15, 0.2) is 41.5 Å². The van der Waals surface area contributed by atoms with E-state index in [0.717, 1.165) is 112 Å². The van der Waals surface area contributed by atoms with Crippen LogP contribution in [0.25, 0.3) is 21.3 Å². The van der Waals surface area contributed by atoms with Crippen LogP contribution in [-0.4, -0.2) is 79.7 Å². The van der Waals surface area contributed by atoms with Gasteiger partial charge in [-0.15, -0.1) is 0 Å². The minimum atomic E-state index is -1.16. The molecule has 0 radical (unpaired) electrons. The summed E-state index contributed by atoms with van der Waals surface area (Å²) >= 11 is 1.64. The third kappa shape index (κ3) is 7.42. The van der Waals surface area contributed by atoms with Crippen LogP contribution in [0.5, 0.6) is 11.5 Å². The molecule has 3 aromatic carbocycles. The van der Waals surface area contributed by atoms with Crippen LogP contribution in [0, 0.1) is 13.8 Å². The minimum Gasteiger partial charge on any atom is -0.493 e. The molecule has 1 fully saturated rings. The number of piperazine rings is 1. The lowest BCUT2D eigenvalue weighted by atomic mass is 9.85. The molecule has 10 nitrogen and oxygen atoms in total. The lowest BCUT2D eigenvalue weighted by molar-refractivity contribution is -0.160. The standard InChI is InChI=1S/C43H55N5O5S/c1-25-22-32-40-37(36(25)39(41(49)50)53-43(4,5)6)29-14-17-35-31(23-29)28(18-21-51-35)13-11-10-12-26(2)52-38-27(3)33(47(9)44-7)16-15-30(38)34-24-48(20-19-46(34)8)42(45-32)54-40/h14-17,22-23,26,28,34,39H,7,10-13,18-21,24H2,1-6,8-9H3,(H,49,50)/t26-,28?,34?,39-/m0/s1. The molecule has 0 amide bonds. The zero-order chi connectivity index (χ0) is 38.5. The molecule has 0 saturated carbocycles. The van der Waals surface area contributed by atoms with Crippen LogP contribution < -0.4 is 19.4 Å². The van der Waals surface area contributed by atoms with E-state index < -0.39 is 17.7 Å². The molecule has 4 atom stereocenters. The Labute approximate surface area is 323 Å². The maximum absolute atomic E-state index is 13.1. The van der Waals surface area contributed by atoms with Crippen molar-refractivity contribution in [2.24, 2.45) is 5.10 Å². The second-order valence-corrected chi connectivity index (χ2v) is 17.3. The molecule has 288 valence electrons. The highest BCUT2D eigenvalue weighted by molar-refractivity contribution is 7.22. The highest BCUT2D eigenvalue weighted by Gasteiger charge is 2.35. The quantitative estimate of drug-likeness (QED) is 0.158. The number of fused-ring (bicyclic) bond motifs is 8. The van der Waals surface area contributed by atoms with Gasteiger partial charge >= 0.3 is 5.97 Å². The predicted molar refractivity (Wildman–Crippen MR) is 219 cm³/mol. The number of nitrogens with zero attached hydrogens (tertiary/aromatic N) is 5. The summed E-state index contributed by atoms with van der Waals surface area (Å²) in [5, 5.41) is 17.6. The molecule has 4 heterocycles. The van der Waals surface area contributed by atoms with Gasteiger partial charge in [-0.3, -0.25) is 9.91 Å². The Bertz CT molecular complexity index is 2060. The number of hydrogen-bond donors (Lipinski definition) is 1. The van der Waals surface area contributed by atoms with E-state index >= 15 is 0 Å². The highest BCUT2D eigenvalue weighted by atomic mass is 32.1. The average Bonchev–Trinajstić information content (AvgIpc) is 3.55. The maximum atomic E-state index is 13.1. The lowest BCUT2D eigenvalue weighted by Gasteiger charge is -2.40. The van der Waals surface area contributed by atoms with E-state index in [1.165, 1.54) is 5.56 Å². The van der Waals surface area contributed by atoms with Crippen LogP contribution >= 0.6 is 11.3 Å². The van der Waals surface area contributed by atoms with E-state index in [0.29, 0.717) is 18.1 Å². The number of carboxylic acids is 1. The molecule has 1 saturated heterocycles. The summed E-state index contributed by atoms with van der Waals surface area (Å²) in [6, 6.07) is 12.8. The van der Waals surface area contributed by atoms with Crippen molar-refractivity contribution >= 4 is 45.1 Å². The molecule has 54 heavy (non-hydrogen) atoms. The molecule has 1 N–H and O–H groups in total. The smallest absolute Gasteiger partial charge is 0.337 e. The van der Waals surface area contributed by atoms with Gasteiger partial charge in [-0.05, 0) is 121 Å². The molecule has 11 heteroatoms. The fourth-order valence-corrected chi connectivity index (χ4v) is 9.64. The van der Waals surface area contributed by atoms with Gasteiger partial charge in [0, 0.05) is 55.7 Å². The normalized spacial score (nSPS) is 21.3. The summed E-state index contributed by atoms with van der Waals surface area (Å²) < 4.78 is 20.5. The SMILES string of the molecule is C=NN(C)c1ccc2c(c1C)O[C@@H](C)CCCCC1CCOc3ccc(cc31)-c1c([C@H](OC(C)(C)C)C(=O)O)c(C)cc3nc(sc13)N1CCN(C)C2C1. The number of ether oxygens (including phenoxy) is 3. The van der Waals surface area contributed by atoms with E-state index in [1.54, 1.807) is 11.3 Å². The Morgan fingerprint density at radius 3 is 2.63 bits per heavy atom. The van der Waals surface area contributed by atoms with Crippen LogP contribution in [-0.2, 0) is 9.53 Å².